The van der Waals surface area contributed by atoms with E-state index < -0.39 is 8.25 Å². The molecule has 0 atom stereocenters. The third-order valence-corrected chi connectivity index (χ3v) is 0.694. The number of aromatic nitrogens is 2. The summed E-state index contributed by atoms with van der Waals surface area (Å²) in [5.41, 5.74) is 0. The monoisotopic (exact) mass is 300 g/mol. The van der Waals surface area contributed by atoms with Gasteiger partial charge in [-0.25, -0.2) is 9.97 Å². The van der Waals surface area contributed by atoms with Crippen molar-refractivity contribution in [2.24, 2.45) is 0 Å². The maximum Gasteiger partial charge on any atom is 0.314 e. The molecule has 0 saturated carbocycles. The van der Waals surface area contributed by atoms with E-state index in [1.165, 1.54) is 25.3 Å². The Hall–Kier alpha value is -0.950. The lowest BCUT2D eigenvalue weighted by Gasteiger charge is -1.61. The molecule has 15 heavy (non-hydrogen) atoms. The Bertz CT molecular complexity index is 236. The lowest BCUT2D eigenvalue weighted by atomic mass is 11.0. The molecule has 2 heterocycles. The minimum absolute atomic E-state index is 0. The van der Waals surface area contributed by atoms with Crippen molar-refractivity contribution in [1.82, 2.24) is 9.97 Å². The topological polar surface area (TPSA) is 110 Å². The van der Waals surface area contributed by atoms with Gasteiger partial charge in [-0.3, -0.25) is 4.57 Å². The highest BCUT2D eigenvalue weighted by Gasteiger charge is 1.61. The van der Waals surface area contributed by atoms with Crippen molar-refractivity contribution in [3.8, 4) is 0 Å². The van der Waals surface area contributed by atoms with Crippen LogP contribution in [0.3, 0.4) is 0 Å². The molecule has 2 rings (SSSR count). The largest absolute Gasteiger partial charge is 0.452 e. The van der Waals surface area contributed by atoms with Crippen molar-refractivity contribution in [1.29, 1.82) is 0 Å². The van der Waals surface area contributed by atoms with E-state index in [2.05, 4.69) is 18.8 Å². The number of halogens is 1. The Labute approximate surface area is 96.5 Å². The summed E-state index contributed by atoms with van der Waals surface area (Å²) in [7, 11) is -3.13. The van der Waals surface area contributed by atoms with Crippen LogP contribution in [0.15, 0.2) is 46.5 Å². The molecule has 0 aliphatic heterocycles. The van der Waals surface area contributed by atoms with Crippen molar-refractivity contribution in [2.75, 3.05) is 0 Å². The zero-order chi connectivity index (χ0) is 10.6. The van der Waals surface area contributed by atoms with Crippen LogP contribution >= 0.6 is 25.2 Å². The standard InChI is InChI=1S/2C3H3NO.BrH.H3O3P/c2*1-2-5-3-4-1;;1-4(2)3/h2*1-3H;1H;4H,(H2,1,2,3). The van der Waals surface area contributed by atoms with Gasteiger partial charge in [-0.15, -0.1) is 17.0 Å². The van der Waals surface area contributed by atoms with Crippen molar-refractivity contribution >= 4 is 25.2 Å². The molecule has 0 amide bonds. The first kappa shape index (κ1) is 16.5. The molecule has 0 radical (unpaired) electrons. The molecule has 0 fully saturated rings. The number of nitrogens with zero attached hydrogens (tertiary/aromatic N) is 2. The maximum absolute atomic E-state index is 8.74. The summed E-state index contributed by atoms with van der Waals surface area (Å²) in [5, 5.41) is 0. The fraction of sp³-hybridized carbons (Fsp3) is 0. The number of oxazole rings is 2. The van der Waals surface area contributed by atoms with Gasteiger partial charge in [0.2, 0.25) is 0 Å². The average molecular weight is 301 g/mol. The molecule has 0 aromatic carbocycles. The normalized spacial score (nSPS) is 7.67. The van der Waals surface area contributed by atoms with Crippen LogP contribution in [0, 0.1) is 0 Å². The average Bonchev–Trinajstić information content (AvgIpc) is 2.83. The van der Waals surface area contributed by atoms with Crippen LogP contribution in [0.4, 0.5) is 0 Å². The van der Waals surface area contributed by atoms with Crippen molar-refractivity contribution < 1.29 is 23.2 Å². The molecule has 86 valence electrons. The van der Waals surface area contributed by atoms with Gasteiger partial charge >= 0.3 is 8.25 Å². The first-order valence-corrected chi connectivity index (χ1v) is 4.60. The third kappa shape index (κ3) is 19.5. The van der Waals surface area contributed by atoms with Crippen molar-refractivity contribution in [3.63, 3.8) is 0 Å². The number of rotatable bonds is 0. The highest BCUT2D eigenvalue weighted by atomic mass is 79.9. The molecule has 0 aliphatic rings. The zero-order valence-electron chi connectivity index (χ0n) is 7.39. The fourth-order valence-corrected chi connectivity index (χ4v) is 0.351. The Morgan fingerprint density at radius 3 is 1.40 bits per heavy atom. The van der Waals surface area contributed by atoms with E-state index in [0.717, 1.165) is 0 Å². The van der Waals surface area contributed by atoms with Crippen LogP contribution in [0.1, 0.15) is 0 Å². The summed E-state index contributed by atoms with van der Waals surface area (Å²) in [6.07, 6.45) is 8.94. The molecule has 0 bridgehead atoms. The lowest BCUT2D eigenvalue weighted by molar-refractivity contribution is 0.405. The van der Waals surface area contributed by atoms with Gasteiger partial charge in [0.15, 0.2) is 12.8 Å². The minimum atomic E-state index is -3.13. The van der Waals surface area contributed by atoms with Crippen molar-refractivity contribution in [3.05, 3.63) is 37.7 Å². The molecule has 0 unspecified atom stereocenters. The molecule has 7 nitrogen and oxygen atoms in total. The second-order valence-corrected chi connectivity index (χ2v) is 2.20. The molecular weight excluding hydrogens is 291 g/mol. The van der Waals surface area contributed by atoms with E-state index in [-0.39, 0.29) is 17.0 Å². The van der Waals surface area contributed by atoms with E-state index in [1.54, 1.807) is 12.4 Å². The van der Waals surface area contributed by atoms with Crippen LogP contribution < -0.4 is 0 Å². The molecule has 2 aromatic heterocycles. The van der Waals surface area contributed by atoms with Gasteiger partial charge in [-0.2, -0.15) is 0 Å². The van der Waals surface area contributed by atoms with E-state index in [1.807, 2.05) is 0 Å². The maximum atomic E-state index is 8.74. The molecule has 0 aliphatic carbocycles. The van der Waals surface area contributed by atoms with Gasteiger partial charge in [0.25, 0.3) is 0 Å². The Morgan fingerprint density at radius 1 is 1.00 bits per heavy atom. The Balaban J connectivity index is 0. The molecule has 0 spiro atoms. The van der Waals surface area contributed by atoms with Gasteiger partial charge in [-0.05, 0) is 0 Å². The van der Waals surface area contributed by atoms with Crippen LogP contribution in [-0.2, 0) is 4.57 Å². The SMILES string of the molecule is Br.O=[PH](O)O.c1cocn1.c1cocn1. The summed E-state index contributed by atoms with van der Waals surface area (Å²) in [5.74, 6) is 0. The van der Waals surface area contributed by atoms with E-state index in [4.69, 9.17) is 14.4 Å². The zero-order valence-corrected chi connectivity index (χ0v) is 10.1. The second kappa shape index (κ2) is 13.1. The summed E-state index contributed by atoms with van der Waals surface area (Å²) in [6, 6.07) is 0. The second-order valence-electron chi connectivity index (χ2n) is 1.63. The minimum Gasteiger partial charge on any atom is -0.452 e. The van der Waals surface area contributed by atoms with E-state index in [0.29, 0.717) is 0 Å². The molecule has 0 saturated heterocycles. The van der Waals surface area contributed by atoms with Gasteiger partial charge in [0.1, 0.15) is 12.5 Å². The van der Waals surface area contributed by atoms with Crippen LogP contribution in [0.2, 0.25) is 0 Å². The molecule has 2 aromatic rings. The highest BCUT2D eigenvalue weighted by molar-refractivity contribution is 8.93. The van der Waals surface area contributed by atoms with Gasteiger partial charge in [0.05, 0.1) is 12.4 Å². The Kier molecular flexibility index (Phi) is 14.3. The summed E-state index contributed by atoms with van der Waals surface area (Å²) >= 11 is 0. The predicted molar refractivity (Wildman–Crippen MR) is 56.8 cm³/mol. The van der Waals surface area contributed by atoms with Crippen LogP contribution in [0.5, 0.6) is 0 Å². The van der Waals surface area contributed by atoms with Gasteiger partial charge in [-0.1, -0.05) is 0 Å². The Morgan fingerprint density at radius 2 is 1.33 bits per heavy atom. The lowest BCUT2D eigenvalue weighted by Crippen LogP contribution is -1.38. The van der Waals surface area contributed by atoms with Crippen LogP contribution in [0.25, 0.3) is 0 Å². The number of hydrogen-bond donors (Lipinski definition) is 2. The van der Waals surface area contributed by atoms with Crippen molar-refractivity contribution in [2.45, 2.75) is 0 Å². The van der Waals surface area contributed by atoms with E-state index in [9.17, 15) is 0 Å². The predicted octanol–water partition coefficient (Wildman–Crippen LogP) is 1.29. The first-order valence-electron chi connectivity index (χ1n) is 3.29. The smallest absolute Gasteiger partial charge is 0.314 e. The highest BCUT2D eigenvalue weighted by Crippen LogP contribution is 1.98. The molecular formula is C6H10BrN2O5P. The third-order valence-electron chi connectivity index (χ3n) is 0.694. The van der Waals surface area contributed by atoms with Crippen LogP contribution in [-0.4, -0.2) is 19.8 Å². The summed E-state index contributed by atoms with van der Waals surface area (Å²) in [6.45, 7) is 0. The van der Waals surface area contributed by atoms with Gasteiger partial charge in [0, 0.05) is 0 Å². The molecule has 9 heteroatoms. The molecule has 2 N–H and O–H groups in total. The summed E-state index contributed by atoms with van der Waals surface area (Å²) in [4.78, 5) is 21.4. The van der Waals surface area contributed by atoms with E-state index >= 15 is 0 Å². The fourth-order valence-electron chi connectivity index (χ4n) is 0.351. The first-order chi connectivity index (χ1) is 6.73. The van der Waals surface area contributed by atoms with Gasteiger partial charge < -0.3 is 18.6 Å². The number of hydrogen-bond acceptors (Lipinski definition) is 5. The quantitative estimate of drug-likeness (QED) is 0.705. The summed E-state index contributed by atoms with van der Waals surface area (Å²) < 4.78 is 17.7.